The molecular formula is C14H9ClZn2. The average molecular weight is 343 g/mol. The van der Waals surface area contributed by atoms with Gasteiger partial charge in [0, 0.05) is 49.4 Å². The van der Waals surface area contributed by atoms with Crippen molar-refractivity contribution in [3.8, 4) is 0 Å². The smallest absolute Gasteiger partial charge is 0.0484 e. The van der Waals surface area contributed by atoms with E-state index in [1.165, 1.54) is 16.2 Å². The van der Waals surface area contributed by atoms with Crippen LogP contribution in [-0.4, -0.2) is 0 Å². The summed E-state index contributed by atoms with van der Waals surface area (Å²) >= 11 is 6.16. The second-order valence-electron chi connectivity index (χ2n) is 3.66. The molecule has 0 unspecified atom stereocenters. The second-order valence-corrected chi connectivity index (χ2v) is 4.07. The summed E-state index contributed by atoms with van der Waals surface area (Å²) in [5, 5.41) is 5.63. The van der Waals surface area contributed by atoms with Crippen LogP contribution >= 0.6 is 11.6 Å². The molecule has 0 N–H and O–H groups in total. The second kappa shape index (κ2) is 6.05. The van der Waals surface area contributed by atoms with Crippen molar-refractivity contribution in [2.45, 2.75) is 0 Å². The Morgan fingerprint density at radius 2 is 1.24 bits per heavy atom. The van der Waals surface area contributed by atoms with E-state index in [-0.39, 0.29) is 39.0 Å². The molecule has 76 valence electrons. The molecule has 0 bridgehead atoms. The molecule has 0 radical (unpaired) electrons. The molecule has 0 saturated carbocycles. The van der Waals surface area contributed by atoms with Gasteiger partial charge in [-0.25, -0.2) is 0 Å². The van der Waals surface area contributed by atoms with Crippen molar-refractivity contribution >= 4 is 33.1 Å². The van der Waals surface area contributed by atoms with E-state index in [0.717, 1.165) is 10.4 Å². The zero-order valence-corrected chi connectivity index (χ0v) is 16.2. The molecule has 0 aliphatic carbocycles. The average Bonchev–Trinajstić information content (AvgIpc) is 2.27. The largest absolute Gasteiger partial charge is 0.0837 e. The fraction of sp³-hybridized carbons (Fsp3) is 0. The molecule has 3 aromatic rings. The maximum Gasteiger partial charge on any atom is 0.0484 e. The zero-order chi connectivity index (χ0) is 10.3. The Hall–Kier alpha value is -0.283. The van der Waals surface area contributed by atoms with Crippen LogP contribution in [0.3, 0.4) is 0 Å². The minimum Gasteiger partial charge on any atom is -0.0837 e. The van der Waals surface area contributed by atoms with E-state index in [9.17, 15) is 0 Å². The summed E-state index contributed by atoms with van der Waals surface area (Å²) in [5.41, 5.74) is 0. The Balaban J connectivity index is 0.000000722. The minimum absolute atomic E-state index is 0. The van der Waals surface area contributed by atoms with Crippen LogP contribution in [0.1, 0.15) is 0 Å². The van der Waals surface area contributed by atoms with E-state index in [1.807, 2.05) is 18.2 Å². The van der Waals surface area contributed by atoms with Crippen molar-refractivity contribution in [2.75, 3.05) is 0 Å². The van der Waals surface area contributed by atoms with Crippen molar-refractivity contribution in [1.82, 2.24) is 0 Å². The third-order valence-corrected chi connectivity index (χ3v) is 3.02. The van der Waals surface area contributed by atoms with Gasteiger partial charge in [-0.2, -0.15) is 0 Å². The summed E-state index contributed by atoms with van der Waals surface area (Å²) < 4.78 is 0. The number of rotatable bonds is 0. The summed E-state index contributed by atoms with van der Waals surface area (Å²) in [6, 6.07) is 18.7. The number of benzene rings is 3. The van der Waals surface area contributed by atoms with Crippen LogP contribution in [0.4, 0.5) is 0 Å². The van der Waals surface area contributed by atoms with E-state index in [4.69, 9.17) is 11.6 Å². The van der Waals surface area contributed by atoms with Crippen molar-refractivity contribution in [1.29, 1.82) is 0 Å². The molecule has 0 aromatic heterocycles. The Kier molecular flexibility index (Phi) is 5.26. The third kappa shape index (κ3) is 2.76. The molecule has 17 heavy (non-hydrogen) atoms. The zero-order valence-electron chi connectivity index (χ0n) is 9.49. The minimum atomic E-state index is 0. The maximum absolute atomic E-state index is 6.16. The van der Waals surface area contributed by atoms with Gasteiger partial charge in [-0.15, -0.1) is 0 Å². The molecular weight excluding hydrogens is 334 g/mol. The molecule has 0 aliphatic rings. The first kappa shape index (κ1) is 14.8. The molecule has 0 atom stereocenters. The standard InChI is InChI=1S/C14H9Cl.2Zn/c15-14-7-3-6-12-8-10-4-1-2-5-11(10)9-13(12)14;;/h1-9H;;. The topological polar surface area (TPSA) is 0 Å². The van der Waals surface area contributed by atoms with E-state index in [0.29, 0.717) is 0 Å². The molecule has 0 nitrogen and oxygen atoms in total. The molecule has 0 aliphatic heterocycles. The summed E-state index contributed by atoms with van der Waals surface area (Å²) in [4.78, 5) is 0. The molecule has 3 aromatic carbocycles. The Labute approximate surface area is 131 Å². The van der Waals surface area contributed by atoms with Crippen LogP contribution in [0.2, 0.25) is 5.02 Å². The number of hydrogen-bond acceptors (Lipinski definition) is 0. The van der Waals surface area contributed by atoms with Gasteiger partial charge in [-0.3, -0.25) is 0 Å². The van der Waals surface area contributed by atoms with E-state index in [1.54, 1.807) is 0 Å². The number of halogens is 1. The molecule has 0 fully saturated rings. The van der Waals surface area contributed by atoms with Gasteiger partial charge in [0.1, 0.15) is 0 Å². The van der Waals surface area contributed by atoms with Gasteiger partial charge in [-0.05, 0) is 34.4 Å². The van der Waals surface area contributed by atoms with Gasteiger partial charge in [0.15, 0.2) is 0 Å². The van der Waals surface area contributed by atoms with Crippen LogP contribution in [0.15, 0.2) is 54.6 Å². The first-order valence-corrected chi connectivity index (χ1v) is 5.29. The van der Waals surface area contributed by atoms with Crippen LogP contribution in [0.25, 0.3) is 21.5 Å². The van der Waals surface area contributed by atoms with Crippen molar-refractivity contribution < 1.29 is 39.0 Å². The predicted octanol–water partition coefficient (Wildman–Crippen LogP) is 4.64. The van der Waals surface area contributed by atoms with E-state index in [2.05, 4.69) is 36.4 Å². The van der Waals surface area contributed by atoms with Crippen molar-refractivity contribution in [2.24, 2.45) is 0 Å². The van der Waals surface area contributed by atoms with Gasteiger partial charge in [0.2, 0.25) is 0 Å². The van der Waals surface area contributed by atoms with Gasteiger partial charge in [0.25, 0.3) is 0 Å². The van der Waals surface area contributed by atoms with Gasteiger partial charge in [0.05, 0.1) is 0 Å². The van der Waals surface area contributed by atoms with Crippen molar-refractivity contribution in [3.05, 3.63) is 59.6 Å². The summed E-state index contributed by atoms with van der Waals surface area (Å²) in [6.45, 7) is 0. The van der Waals surface area contributed by atoms with Crippen LogP contribution in [0.5, 0.6) is 0 Å². The number of hydrogen-bond donors (Lipinski definition) is 0. The first-order chi connectivity index (χ1) is 7.34. The normalized spacial score (nSPS) is 9.71. The quantitative estimate of drug-likeness (QED) is 0.412. The van der Waals surface area contributed by atoms with Crippen LogP contribution in [0, 0.1) is 0 Å². The Bertz CT molecular complexity index is 650. The fourth-order valence-electron chi connectivity index (χ4n) is 1.93. The van der Waals surface area contributed by atoms with Crippen LogP contribution in [-0.2, 0) is 39.0 Å². The Morgan fingerprint density at radius 3 is 1.94 bits per heavy atom. The summed E-state index contributed by atoms with van der Waals surface area (Å²) in [6.07, 6.45) is 0. The number of fused-ring (bicyclic) bond motifs is 2. The monoisotopic (exact) mass is 340 g/mol. The molecule has 3 heteroatoms. The van der Waals surface area contributed by atoms with Gasteiger partial charge < -0.3 is 0 Å². The molecule has 3 rings (SSSR count). The third-order valence-electron chi connectivity index (χ3n) is 2.69. The molecule has 0 heterocycles. The van der Waals surface area contributed by atoms with Crippen molar-refractivity contribution in [3.63, 3.8) is 0 Å². The van der Waals surface area contributed by atoms with Crippen LogP contribution < -0.4 is 0 Å². The Morgan fingerprint density at radius 1 is 0.647 bits per heavy atom. The SMILES string of the molecule is Clc1cccc2cc3ccccc3cc12.[Zn].[Zn]. The summed E-state index contributed by atoms with van der Waals surface area (Å²) in [5.74, 6) is 0. The van der Waals surface area contributed by atoms with E-state index >= 15 is 0 Å². The molecule has 0 saturated heterocycles. The van der Waals surface area contributed by atoms with Gasteiger partial charge in [-0.1, -0.05) is 48.0 Å². The molecule has 0 amide bonds. The first-order valence-electron chi connectivity index (χ1n) is 4.92. The summed E-state index contributed by atoms with van der Waals surface area (Å²) in [7, 11) is 0. The van der Waals surface area contributed by atoms with Gasteiger partial charge >= 0.3 is 0 Å². The maximum atomic E-state index is 6.16. The fourth-order valence-corrected chi connectivity index (χ4v) is 2.17. The van der Waals surface area contributed by atoms with E-state index < -0.39 is 0 Å². The predicted molar refractivity (Wildman–Crippen MR) is 66.5 cm³/mol. The molecule has 0 spiro atoms.